The van der Waals surface area contributed by atoms with Gasteiger partial charge >= 0.3 is 26.2 Å². The van der Waals surface area contributed by atoms with Gasteiger partial charge in [-0.2, -0.15) is 22.0 Å². The quantitative estimate of drug-likeness (QED) is 0.175. The van der Waals surface area contributed by atoms with Gasteiger partial charge in [-0.1, -0.05) is 0 Å². The Hall–Kier alpha value is -4.80. The van der Waals surface area contributed by atoms with E-state index in [1.54, 1.807) is 0 Å². The number of rotatable bonds is 9. The van der Waals surface area contributed by atoms with E-state index in [4.69, 9.17) is 9.47 Å². The van der Waals surface area contributed by atoms with Gasteiger partial charge in [-0.15, -0.1) is 10.2 Å². The van der Waals surface area contributed by atoms with Crippen LogP contribution in [0.25, 0.3) is 0 Å². The van der Waals surface area contributed by atoms with E-state index in [1.807, 2.05) is 0 Å². The van der Waals surface area contributed by atoms with Crippen LogP contribution >= 0.6 is 0 Å². The van der Waals surface area contributed by atoms with Gasteiger partial charge in [0.05, 0.1) is 36.2 Å². The summed E-state index contributed by atoms with van der Waals surface area (Å²) in [7, 11) is -8.53. The van der Waals surface area contributed by atoms with Crippen molar-refractivity contribution in [1.29, 1.82) is 0 Å². The van der Waals surface area contributed by atoms with Gasteiger partial charge in [0.2, 0.25) is 0 Å². The highest BCUT2D eigenvalue weighted by Crippen LogP contribution is 2.43. The largest absolute Gasteiger partial charge is 0.494 e. The van der Waals surface area contributed by atoms with Gasteiger partial charge in [0.1, 0.15) is 11.4 Å². The van der Waals surface area contributed by atoms with Gasteiger partial charge in [-0.3, -0.25) is 34.8 Å². The number of amidine groups is 1. The number of nitrogens with one attached hydrogen (secondary N) is 1. The van der Waals surface area contributed by atoms with E-state index in [2.05, 4.69) is 10.5 Å². The number of carboxylic acids is 1. The van der Waals surface area contributed by atoms with Crippen molar-refractivity contribution in [2.75, 3.05) is 24.5 Å². The molecule has 20 nitrogen and oxygen atoms in total. The highest BCUT2D eigenvalue weighted by atomic mass is 32.2. The van der Waals surface area contributed by atoms with Crippen LogP contribution in [0.4, 0.5) is 22.7 Å². The summed E-state index contributed by atoms with van der Waals surface area (Å²) in [5.41, 5.74) is -1.18. The number of hydrogen-bond donors (Lipinski definition) is 4. The van der Waals surface area contributed by atoms with Crippen molar-refractivity contribution in [2.45, 2.75) is 9.79 Å². The van der Waals surface area contributed by atoms with E-state index in [0.717, 1.165) is 14.2 Å². The predicted molar refractivity (Wildman–Crippen MR) is 122 cm³/mol. The predicted octanol–water partition coefficient (Wildman–Crippen LogP) is 0.158. The van der Waals surface area contributed by atoms with Crippen LogP contribution in [0.15, 0.2) is 39.2 Å². The lowest BCUT2D eigenvalue weighted by atomic mass is 10.2. The summed E-state index contributed by atoms with van der Waals surface area (Å²) in [4.78, 5) is 29.6. The molecule has 1 heterocycles. The summed E-state index contributed by atoms with van der Waals surface area (Å²) in [5.74, 6) is -3.60. The third kappa shape index (κ3) is 5.03. The van der Waals surface area contributed by atoms with Gasteiger partial charge in [0, 0.05) is 0 Å². The zero-order valence-electron chi connectivity index (χ0n) is 18.7. The second-order valence-electron chi connectivity index (χ2n) is 6.91. The number of carbonyl (C=O) groups is 1. The van der Waals surface area contributed by atoms with Gasteiger partial charge in [-0.25, -0.2) is 4.79 Å². The Balaban J connectivity index is 2.40. The minimum atomic E-state index is -5.26. The zero-order valence-corrected chi connectivity index (χ0v) is 20.3. The summed E-state index contributed by atoms with van der Waals surface area (Å²) in [6, 6.07) is 2.15. The minimum absolute atomic E-state index is 0.487. The van der Waals surface area contributed by atoms with E-state index in [0.29, 0.717) is 34.5 Å². The summed E-state index contributed by atoms with van der Waals surface area (Å²) in [5, 5.41) is 37.0. The number of benzene rings is 2. The molecule has 0 atom stereocenters. The number of ether oxygens (including phenoxy) is 2. The maximum Gasteiger partial charge on any atom is 0.375 e. The molecule has 0 aliphatic carbocycles. The Morgan fingerprint density at radius 3 is 1.68 bits per heavy atom. The number of nitro benzene ring substituents is 2. The maximum atomic E-state index is 11.9. The lowest BCUT2D eigenvalue weighted by Crippen LogP contribution is -2.46. The minimum Gasteiger partial charge on any atom is -0.494 e. The SMILES string of the molecule is COc1cc([N+](=O)[O-])c(S(=O)(=O)O)cc1N1N=C(C(=O)O)NN1c1cc(S(=O)(=O)O)c([N+](=O)[O-])cc1OC. The Morgan fingerprint density at radius 2 is 1.32 bits per heavy atom. The van der Waals surface area contributed by atoms with Gasteiger partial charge in [0.25, 0.3) is 17.2 Å². The number of hydrazone groups is 1. The molecule has 0 aromatic heterocycles. The summed E-state index contributed by atoms with van der Waals surface area (Å²) in [6.45, 7) is 0. The van der Waals surface area contributed by atoms with E-state index < -0.39 is 85.9 Å². The highest BCUT2D eigenvalue weighted by molar-refractivity contribution is 7.86. The number of hydrogen-bond acceptors (Lipinski definition) is 15. The average Bonchev–Trinajstić information content (AvgIpc) is 3.26. The second kappa shape index (κ2) is 9.58. The van der Waals surface area contributed by atoms with E-state index in [1.165, 1.54) is 0 Å². The fourth-order valence-electron chi connectivity index (χ4n) is 3.15. The molecule has 22 heteroatoms. The number of anilines is 2. The third-order valence-electron chi connectivity index (χ3n) is 4.71. The van der Waals surface area contributed by atoms with Gasteiger partial charge in [0.15, 0.2) is 21.3 Å². The van der Waals surface area contributed by atoms with Crippen LogP contribution in [-0.2, 0) is 25.0 Å². The molecule has 0 amide bonds. The Kier molecular flexibility index (Phi) is 7.00. The molecule has 0 unspecified atom stereocenters. The average molecular weight is 578 g/mol. The van der Waals surface area contributed by atoms with Crippen LogP contribution < -0.4 is 25.1 Å². The first-order chi connectivity index (χ1) is 17.5. The number of carboxylic acid groups (broad SMARTS) is 1. The van der Waals surface area contributed by atoms with Crippen molar-refractivity contribution in [1.82, 2.24) is 5.43 Å². The molecule has 0 saturated heterocycles. The molecule has 2 aromatic carbocycles. The van der Waals surface area contributed by atoms with Crippen LogP contribution in [0.5, 0.6) is 11.5 Å². The number of nitrogens with zero attached hydrogens (tertiary/aromatic N) is 5. The van der Waals surface area contributed by atoms with Crippen LogP contribution in [0.3, 0.4) is 0 Å². The lowest BCUT2D eigenvalue weighted by Gasteiger charge is -2.29. The molecule has 0 radical (unpaired) electrons. The molecular formula is C16H14N6O14S2. The molecule has 4 N–H and O–H groups in total. The first-order valence-electron chi connectivity index (χ1n) is 9.37. The van der Waals surface area contributed by atoms with Crippen molar-refractivity contribution in [2.24, 2.45) is 5.10 Å². The maximum absolute atomic E-state index is 11.9. The molecule has 0 spiro atoms. The normalized spacial score (nSPS) is 13.5. The summed E-state index contributed by atoms with van der Waals surface area (Å²) >= 11 is 0. The topological polar surface area (TPSA) is 282 Å². The van der Waals surface area contributed by atoms with E-state index in [-0.39, 0.29) is 0 Å². The number of hydrazine groups is 2. The molecule has 1 aliphatic rings. The monoisotopic (exact) mass is 578 g/mol. The van der Waals surface area contributed by atoms with E-state index in [9.17, 15) is 56.1 Å². The van der Waals surface area contributed by atoms with Crippen LogP contribution in [-0.4, -0.2) is 66.9 Å². The Morgan fingerprint density at radius 1 is 0.895 bits per heavy atom. The Bertz CT molecular complexity index is 1620. The molecule has 0 bridgehead atoms. The van der Waals surface area contributed by atoms with Crippen LogP contribution in [0, 0.1) is 20.2 Å². The van der Waals surface area contributed by atoms with Crippen LogP contribution in [0.1, 0.15) is 0 Å². The molecule has 1 aliphatic heterocycles. The first kappa shape index (κ1) is 27.8. The van der Waals surface area contributed by atoms with Crippen molar-refractivity contribution in [3.05, 3.63) is 44.5 Å². The third-order valence-corrected chi connectivity index (χ3v) is 6.48. The van der Waals surface area contributed by atoms with Crippen molar-refractivity contribution in [3.63, 3.8) is 0 Å². The van der Waals surface area contributed by atoms with Crippen molar-refractivity contribution in [3.8, 4) is 11.5 Å². The molecule has 2 aromatic rings. The van der Waals surface area contributed by atoms with Gasteiger partial charge in [-0.05, 0) is 12.1 Å². The fraction of sp³-hybridized carbons (Fsp3) is 0.125. The van der Waals surface area contributed by atoms with Crippen molar-refractivity contribution >= 4 is 54.8 Å². The first-order valence-corrected chi connectivity index (χ1v) is 12.3. The number of aliphatic carboxylic acids is 1. The summed E-state index contributed by atoms with van der Waals surface area (Å²) < 4.78 is 76.6. The molecule has 3 rings (SSSR count). The lowest BCUT2D eigenvalue weighted by molar-refractivity contribution is -0.388. The smallest absolute Gasteiger partial charge is 0.375 e. The molecule has 0 fully saturated rings. The standard InChI is InChI=1S/C16H14N6O14S2/c1-35-11-3-9(21(25)26)13(37(29,30)31)5-7(11)19-17-15(16(23)24)18-20(19)8-6-14(38(32,33)34)10(22(27)28)4-12(8)36-2/h3-6H,1-2H3,(H,17,18)(H,23,24)(H,29,30,31)(H,32,33,34). The van der Waals surface area contributed by atoms with Crippen LogP contribution in [0.2, 0.25) is 0 Å². The highest BCUT2D eigenvalue weighted by Gasteiger charge is 2.38. The number of methoxy groups -OCH3 is 2. The molecule has 204 valence electrons. The van der Waals surface area contributed by atoms with Crippen molar-refractivity contribution < 1.29 is 55.2 Å². The Labute approximate surface area is 211 Å². The van der Waals surface area contributed by atoms with E-state index >= 15 is 0 Å². The number of nitro groups is 2. The molecular weight excluding hydrogens is 564 g/mol. The zero-order chi connectivity index (χ0) is 28.7. The molecule has 0 saturated carbocycles. The second-order valence-corrected chi connectivity index (χ2v) is 9.69. The molecule has 38 heavy (non-hydrogen) atoms. The summed E-state index contributed by atoms with van der Waals surface area (Å²) in [6.07, 6.45) is 0. The van der Waals surface area contributed by atoms with Gasteiger partial charge < -0.3 is 14.6 Å². The fourth-order valence-corrected chi connectivity index (χ4v) is 4.46.